The predicted octanol–water partition coefficient (Wildman–Crippen LogP) is 4.03. The van der Waals surface area contributed by atoms with Crippen LogP contribution in [-0.2, 0) is 28.2 Å². The second-order valence-electron chi connectivity index (χ2n) is 8.84. The van der Waals surface area contributed by atoms with Gasteiger partial charge in [0.15, 0.2) is 11.9 Å². The number of carbonyl (C=O) groups excluding carboxylic acids is 2. The molecule has 11 heteroatoms. The van der Waals surface area contributed by atoms with E-state index in [-0.39, 0.29) is 6.42 Å². The molecule has 0 spiro atoms. The van der Waals surface area contributed by atoms with E-state index in [2.05, 4.69) is 23.1 Å². The molecule has 0 aromatic rings. The van der Waals surface area contributed by atoms with Crippen LogP contribution in [0.1, 0.15) is 90.9 Å². The third-order valence-corrected chi connectivity index (χ3v) is 5.73. The van der Waals surface area contributed by atoms with Crippen molar-refractivity contribution in [3.8, 4) is 0 Å². The van der Waals surface area contributed by atoms with Crippen LogP contribution in [0.25, 0.3) is 0 Å². The highest BCUT2D eigenvalue weighted by Crippen LogP contribution is 2.42. The molecule has 1 rings (SSSR count). The zero-order chi connectivity index (χ0) is 24.9. The highest BCUT2D eigenvalue weighted by atomic mass is 31.2. The Morgan fingerprint density at radius 1 is 1.00 bits per heavy atom. The van der Waals surface area contributed by atoms with Crippen LogP contribution >= 0.6 is 7.82 Å². The molecule has 33 heavy (non-hydrogen) atoms. The number of cyclic esters (lactones) is 1. The van der Waals surface area contributed by atoms with Crippen LogP contribution < -0.4 is 0 Å². The van der Waals surface area contributed by atoms with Gasteiger partial charge in [0.25, 0.3) is 5.76 Å². The highest BCUT2D eigenvalue weighted by molar-refractivity contribution is 7.46. The van der Waals surface area contributed by atoms with Gasteiger partial charge in [-0.2, -0.15) is 0 Å². The number of ether oxygens (including phenoxy) is 2. The first-order valence-electron chi connectivity index (χ1n) is 11.7. The molecule has 0 radical (unpaired) electrons. The molecule has 0 saturated heterocycles. The van der Waals surface area contributed by atoms with Gasteiger partial charge in [0.05, 0.1) is 0 Å². The fourth-order valence-electron chi connectivity index (χ4n) is 3.50. The van der Waals surface area contributed by atoms with Gasteiger partial charge in [-0.3, -0.25) is 14.6 Å². The number of carbonyl (C=O) groups is 2. The number of esters is 2. The normalized spacial score (nSPS) is 17.4. The number of aliphatic hydroxyl groups is 2. The van der Waals surface area contributed by atoms with Gasteiger partial charge in [0, 0.05) is 6.42 Å². The van der Waals surface area contributed by atoms with E-state index in [4.69, 9.17) is 14.5 Å². The maximum Gasteiger partial charge on any atom is 0.525 e. The van der Waals surface area contributed by atoms with Crippen LogP contribution in [-0.4, -0.2) is 50.8 Å². The minimum absolute atomic E-state index is 0.182. The molecular formula is C22H39O10P. The minimum atomic E-state index is -5.10. The molecule has 0 saturated carbocycles. The molecule has 2 atom stereocenters. The third-order valence-electron chi connectivity index (χ3n) is 5.31. The summed E-state index contributed by atoms with van der Waals surface area (Å²) in [7, 11) is -5.10. The van der Waals surface area contributed by atoms with Crippen LogP contribution in [0.2, 0.25) is 0 Å². The maximum atomic E-state index is 11.8. The van der Waals surface area contributed by atoms with Crippen molar-refractivity contribution in [2.75, 3.05) is 6.61 Å². The molecule has 1 aliphatic rings. The Bertz CT molecular complexity index is 685. The van der Waals surface area contributed by atoms with E-state index in [0.29, 0.717) is 6.42 Å². The molecule has 192 valence electrons. The van der Waals surface area contributed by atoms with Crippen LogP contribution in [0, 0.1) is 5.92 Å². The number of hydrogen-bond acceptors (Lipinski definition) is 8. The lowest BCUT2D eigenvalue weighted by Gasteiger charge is -2.17. The standard InChI is InChI=1S/C22H39O10P/c1-16(2)13-11-9-7-5-3-4-6-8-10-12-14-18(24)30-15-17(23)20-19(25)21(22(26)31-20)32-33(27,28)29/h16-17,20,23,25H,3-15H2,1-2H3,(H2,27,28,29)/t17-,20+/m0/s1. The lowest BCUT2D eigenvalue weighted by Crippen LogP contribution is -2.33. The Morgan fingerprint density at radius 2 is 1.52 bits per heavy atom. The van der Waals surface area contributed by atoms with Crippen molar-refractivity contribution >= 4 is 19.8 Å². The van der Waals surface area contributed by atoms with Crippen LogP contribution in [0.5, 0.6) is 0 Å². The molecule has 10 nitrogen and oxygen atoms in total. The summed E-state index contributed by atoms with van der Waals surface area (Å²) in [5.74, 6) is -3.13. The molecule has 0 aliphatic carbocycles. The molecule has 0 fully saturated rings. The fraction of sp³-hybridized carbons (Fsp3) is 0.818. The van der Waals surface area contributed by atoms with Crippen LogP contribution in [0.4, 0.5) is 0 Å². The first-order chi connectivity index (χ1) is 15.5. The average Bonchev–Trinajstić information content (AvgIpc) is 2.99. The highest BCUT2D eigenvalue weighted by Gasteiger charge is 2.43. The average molecular weight is 495 g/mol. The molecule has 0 unspecified atom stereocenters. The van der Waals surface area contributed by atoms with Gasteiger partial charge >= 0.3 is 19.8 Å². The monoisotopic (exact) mass is 494 g/mol. The van der Waals surface area contributed by atoms with Crippen molar-refractivity contribution in [3.05, 3.63) is 11.5 Å². The number of aliphatic hydroxyl groups excluding tert-OH is 2. The van der Waals surface area contributed by atoms with E-state index in [1.807, 2.05) is 0 Å². The largest absolute Gasteiger partial charge is 0.525 e. The van der Waals surface area contributed by atoms with Crippen molar-refractivity contribution in [2.24, 2.45) is 5.92 Å². The van der Waals surface area contributed by atoms with Gasteiger partial charge in [0.1, 0.15) is 12.7 Å². The van der Waals surface area contributed by atoms with E-state index in [0.717, 1.165) is 25.2 Å². The molecule has 1 aliphatic heterocycles. The fourth-order valence-corrected chi connectivity index (χ4v) is 3.90. The summed E-state index contributed by atoms with van der Waals surface area (Å²) < 4.78 is 24.5. The molecule has 1 heterocycles. The van der Waals surface area contributed by atoms with Crippen molar-refractivity contribution < 1.29 is 48.2 Å². The van der Waals surface area contributed by atoms with Crippen molar-refractivity contribution in [2.45, 2.75) is 103 Å². The Kier molecular flexibility index (Phi) is 13.7. The number of hydrogen-bond donors (Lipinski definition) is 4. The predicted molar refractivity (Wildman–Crippen MR) is 120 cm³/mol. The second kappa shape index (κ2) is 15.3. The molecular weight excluding hydrogens is 455 g/mol. The molecule has 0 bridgehead atoms. The molecule has 4 N–H and O–H groups in total. The van der Waals surface area contributed by atoms with E-state index >= 15 is 0 Å². The van der Waals surface area contributed by atoms with E-state index in [1.54, 1.807) is 0 Å². The van der Waals surface area contributed by atoms with Gasteiger partial charge in [-0.15, -0.1) is 0 Å². The van der Waals surface area contributed by atoms with E-state index in [1.165, 1.54) is 44.9 Å². The topological polar surface area (TPSA) is 160 Å². The SMILES string of the molecule is CC(C)CCCCCCCCCCCCC(=O)OC[C@H](O)[C@H]1OC(=O)C(OP(=O)(O)O)=C1O. The summed E-state index contributed by atoms with van der Waals surface area (Å²) in [4.78, 5) is 40.8. The lowest BCUT2D eigenvalue weighted by atomic mass is 10.0. The van der Waals surface area contributed by atoms with Crippen LogP contribution in [0.15, 0.2) is 11.5 Å². The quantitative estimate of drug-likeness (QED) is 0.124. The number of phosphoric ester groups is 1. The van der Waals surface area contributed by atoms with Crippen LogP contribution in [0.3, 0.4) is 0 Å². The number of rotatable bonds is 18. The summed E-state index contributed by atoms with van der Waals surface area (Å²) in [5, 5.41) is 19.8. The summed E-state index contributed by atoms with van der Waals surface area (Å²) in [6.45, 7) is 3.96. The minimum Gasteiger partial charge on any atom is -0.505 e. The third kappa shape index (κ3) is 13.0. The lowest BCUT2D eigenvalue weighted by molar-refractivity contribution is -0.154. The smallest absolute Gasteiger partial charge is 0.505 e. The van der Waals surface area contributed by atoms with E-state index < -0.39 is 50.1 Å². The zero-order valence-electron chi connectivity index (χ0n) is 19.6. The summed E-state index contributed by atoms with van der Waals surface area (Å²) >= 11 is 0. The Labute approximate surface area is 195 Å². The van der Waals surface area contributed by atoms with Crippen molar-refractivity contribution in [3.63, 3.8) is 0 Å². The Hall–Kier alpha value is -1.61. The van der Waals surface area contributed by atoms with Gasteiger partial charge in [-0.25, -0.2) is 9.36 Å². The number of phosphoric acid groups is 1. The van der Waals surface area contributed by atoms with Gasteiger partial charge in [0.2, 0.25) is 0 Å². The molecule has 0 aromatic heterocycles. The van der Waals surface area contributed by atoms with Gasteiger partial charge < -0.3 is 24.2 Å². The second-order valence-corrected chi connectivity index (χ2v) is 10.0. The van der Waals surface area contributed by atoms with Gasteiger partial charge in [-0.05, 0) is 12.3 Å². The summed E-state index contributed by atoms with van der Waals surface area (Å²) in [6, 6.07) is 0. The summed E-state index contributed by atoms with van der Waals surface area (Å²) in [6.07, 6.45) is 9.65. The molecule has 0 aromatic carbocycles. The first kappa shape index (κ1) is 29.4. The van der Waals surface area contributed by atoms with Gasteiger partial charge in [-0.1, -0.05) is 78.1 Å². The zero-order valence-corrected chi connectivity index (χ0v) is 20.5. The summed E-state index contributed by atoms with van der Waals surface area (Å²) in [5.41, 5.74) is 0. The van der Waals surface area contributed by atoms with Crippen molar-refractivity contribution in [1.29, 1.82) is 0 Å². The Balaban J connectivity index is 2.10. The van der Waals surface area contributed by atoms with E-state index in [9.17, 15) is 24.4 Å². The maximum absolute atomic E-state index is 11.8. The number of unbranched alkanes of at least 4 members (excludes halogenated alkanes) is 9. The van der Waals surface area contributed by atoms with Crippen molar-refractivity contribution in [1.82, 2.24) is 0 Å². The molecule has 0 amide bonds. The first-order valence-corrected chi connectivity index (χ1v) is 13.3. The Morgan fingerprint density at radius 3 is 2.03 bits per heavy atom.